The molecule has 13 aliphatic rings. The van der Waals surface area contributed by atoms with Gasteiger partial charge in [-0.25, -0.2) is 4.79 Å². The van der Waals surface area contributed by atoms with Crippen molar-refractivity contribution < 1.29 is 202 Å². The number of fused-ring (bicyclic) bond motifs is 7. The van der Waals surface area contributed by atoms with E-state index in [0.717, 1.165) is 18.8 Å². The van der Waals surface area contributed by atoms with Gasteiger partial charge in [-0.2, -0.15) is 0 Å². The first-order valence-electron chi connectivity index (χ1n) is 40.7. The third-order valence-corrected chi connectivity index (χ3v) is 28.8. The Balaban J connectivity index is 0.769. The Labute approximate surface area is 678 Å². The fourth-order valence-corrected chi connectivity index (χ4v) is 21.8. The molecule has 674 valence electrons. The second-order valence-corrected chi connectivity index (χ2v) is 36.5. The Bertz CT molecular complexity index is 3530. The molecule has 4 saturated carbocycles. The molecule has 0 aromatic carbocycles. The first-order valence-corrected chi connectivity index (χ1v) is 40.7. The van der Waals surface area contributed by atoms with Crippen molar-refractivity contribution in [1.82, 2.24) is 0 Å². The number of carboxylic acids is 1. The number of hydrogen-bond acceptors (Lipinski definition) is 40. The summed E-state index contributed by atoms with van der Waals surface area (Å²) in [6.45, 7) is 14.8. The minimum atomic E-state index is -2.25. The van der Waals surface area contributed by atoms with Crippen molar-refractivity contribution in [3.8, 4) is 0 Å². The number of aliphatic hydroxyl groups excluding tert-OH is 19. The zero-order valence-corrected chi connectivity index (χ0v) is 67.1. The van der Waals surface area contributed by atoms with Crippen LogP contribution in [0.3, 0.4) is 0 Å². The third-order valence-electron chi connectivity index (χ3n) is 28.8. The van der Waals surface area contributed by atoms with Gasteiger partial charge in [0.2, 0.25) is 6.29 Å². The Morgan fingerprint density at radius 1 is 0.458 bits per heavy atom. The van der Waals surface area contributed by atoms with Gasteiger partial charge in [0.05, 0.1) is 62.4 Å². The summed E-state index contributed by atoms with van der Waals surface area (Å²) in [5.41, 5.74) is -5.27. The highest BCUT2D eigenvalue weighted by atomic mass is 16.8. The number of carbonyl (C=O) groups is 4. The number of carboxylic acid groups (broad SMARTS) is 1. The number of aliphatic hydroxyl groups is 19. The van der Waals surface area contributed by atoms with Gasteiger partial charge in [-0.3, -0.25) is 9.59 Å². The quantitative estimate of drug-likeness (QED) is 0.0233. The monoisotopic (exact) mass is 1700 g/mol. The van der Waals surface area contributed by atoms with Gasteiger partial charge < -0.3 is 187 Å². The van der Waals surface area contributed by atoms with Gasteiger partial charge >= 0.3 is 17.9 Å². The van der Waals surface area contributed by atoms with Crippen LogP contribution >= 0.6 is 0 Å². The number of esters is 2. The number of carbonyl (C=O) groups excluding carboxylic acids is 3. The van der Waals surface area contributed by atoms with Gasteiger partial charge in [0.15, 0.2) is 62.3 Å². The van der Waals surface area contributed by atoms with Crippen LogP contribution in [0.2, 0.25) is 0 Å². The van der Waals surface area contributed by atoms with E-state index in [1.54, 1.807) is 6.92 Å². The molecule has 0 spiro atoms. The van der Waals surface area contributed by atoms with Crippen LogP contribution in [-0.4, -0.2) is 392 Å². The molecule has 0 unspecified atom stereocenters. The molecule has 13 rings (SSSR count). The standard InChI is InChI=1S/C77H120O41/c1-26-54(108-29(4)80)44(89)49(94)66(105-26)112-56-28(3)107-69(60(51(56)96)116-67-50(95)45(90)55(27(2)106-67)111-65-53(98)57(34(83)24-104-65)113-63-46(91)40(85)32(81)22-102-63)118-71(101)77-18-17-72(5,6)19-31(77)30-11-12-37-73(7)15-14-39(74(8,25-79)36(73)13-16-75(37,9)76(30,10)20-38(77)84)110-70-61(117-68-48(93)43(88)42(87)35(21-78)109-68)58(52(97)59(115-70)62(99)100)114-64-47(92)41(86)33(82)23-103-64/h11,25-28,31-61,63-70,78,81-98H,12-24H2,1-10H3,(H,99,100)/t26-,27+,28-,31+,32-,33-,34-,35-,36-,37-,38-,39+,40+,41+,42+,43+,44-,45+,46-,47-,48-,49-,50-,51+,52+,53-,54-,55+,56+,57+,58+,59+,60-,61-,63+,64+,65+,66+,67+,68+,69+,70-,73+,74+,75-,76-,77-/m1/s1. The lowest BCUT2D eigenvalue weighted by molar-refractivity contribution is -0.391. The zero-order valence-electron chi connectivity index (χ0n) is 67.1. The van der Waals surface area contributed by atoms with Crippen molar-refractivity contribution in [2.45, 2.75) is 367 Å². The molecule has 0 aromatic rings. The van der Waals surface area contributed by atoms with Crippen molar-refractivity contribution in [2.24, 2.45) is 50.2 Å². The third kappa shape index (κ3) is 16.2. The van der Waals surface area contributed by atoms with Crippen molar-refractivity contribution in [3.05, 3.63) is 11.6 Å². The van der Waals surface area contributed by atoms with Crippen LogP contribution in [0.25, 0.3) is 0 Å². The van der Waals surface area contributed by atoms with Crippen molar-refractivity contribution in [1.29, 1.82) is 0 Å². The first-order chi connectivity index (χ1) is 55.3. The van der Waals surface area contributed by atoms with Gasteiger partial charge in [0.25, 0.3) is 0 Å². The molecule has 8 heterocycles. The molecule has 118 heavy (non-hydrogen) atoms. The summed E-state index contributed by atoms with van der Waals surface area (Å²) in [6, 6.07) is 0. The van der Waals surface area contributed by atoms with E-state index in [9.17, 15) is 117 Å². The Morgan fingerprint density at radius 2 is 0.958 bits per heavy atom. The topological polar surface area (TPSA) is 630 Å². The van der Waals surface area contributed by atoms with Gasteiger partial charge in [-0.1, -0.05) is 53.2 Å². The van der Waals surface area contributed by atoms with E-state index in [1.807, 2.05) is 13.8 Å². The van der Waals surface area contributed by atoms with E-state index in [2.05, 4.69) is 26.8 Å². The fraction of sp³-hybridized carbons (Fsp3) is 0.922. The maximum Gasteiger partial charge on any atom is 0.335 e. The van der Waals surface area contributed by atoms with Crippen LogP contribution in [0.1, 0.15) is 127 Å². The van der Waals surface area contributed by atoms with E-state index >= 15 is 4.79 Å². The molecule has 0 bridgehead atoms. The summed E-state index contributed by atoms with van der Waals surface area (Å²) in [5.74, 6) is -5.12. The van der Waals surface area contributed by atoms with Gasteiger partial charge in [0.1, 0.15) is 152 Å². The molecule has 41 nitrogen and oxygen atoms in total. The van der Waals surface area contributed by atoms with E-state index in [1.165, 1.54) is 20.8 Å². The number of allylic oxidation sites excluding steroid dienone is 2. The minimum absolute atomic E-state index is 0.0232. The van der Waals surface area contributed by atoms with Crippen LogP contribution in [0.15, 0.2) is 11.6 Å². The summed E-state index contributed by atoms with van der Waals surface area (Å²) < 4.78 is 102. The Morgan fingerprint density at radius 3 is 1.54 bits per heavy atom. The van der Waals surface area contributed by atoms with Crippen LogP contribution in [0.4, 0.5) is 0 Å². The van der Waals surface area contributed by atoms with Crippen LogP contribution in [-0.2, 0) is 99.7 Å². The second-order valence-electron chi connectivity index (χ2n) is 36.5. The van der Waals surface area contributed by atoms with E-state index < -0.39 is 328 Å². The lowest BCUT2D eigenvalue weighted by Crippen LogP contribution is -2.69. The highest BCUT2D eigenvalue weighted by Gasteiger charge is 2.74. The zero-order chi connectivity index (χ0) is 86.2. The normalized spacial score (nSPS) is 54.2. The van der Waals surface area contributed by atoms with E-state index in [0.29, 0.717) is 38.5 Å². The summed E-state index contributed by atoms with van der Waals surface area (Å²) in [7, 11) is 0. The highest BCUT2D eigenvalue weighted by molar-refractivity contribution is 5.80. The van der Waals surface area contributed by atoms with Gasteiger partial charge in [0, 0.05) is 6.92 Å². The number of ether oxygens (including phenoxy) is 17. The maximum absolute atomic E-state index is 16.2. The van der Waals surface area contributed by atoms with Gasteiger partial charge in [-0.15, -0.1) is 0 Å². The maximum atomic E-state index is 16.2. The summed E-state index contributed by atoms with van der Waals surface area (Å²) in [6.07, 6.45) is -64.7. The van der Waals surface area contributed by atoms with E-state index in [-0.39, 0.29) is 25.2 Å². The molecular formula is C77H120O41. The molecule has 0 radical (unpaired) electrons. The van der Waals surface area contributed by atoms with Gasteiger partial charge in [-0.05, 0) is 118 Å². The predicted molar refractivity (Wildman–Crippen MR) is 383 cm³/mol. The fourth-order valence-electron chi connectivity index (χ4n) is 21.8. The minimum Gasteiger partial charge on any atom is -0.479 e. The molecule has 8 saturated heterocycles. The number of hydrogen-bond donors (Lipinski definition) is 20. The molecule has 41 heteroatoms. The molecule has 0 aromatic heterocycles. The molecular weight excluding hydrogens is 1580 g/mol. The number of aldehydes is 1. The summed E-state index contributed by atoms with van der Waals surface area (Å²) >= 11 is 0. The van der Waals surface area contributed by atoms with Crippen molar-refractivity contribution in [2.75, 3.05) is 26.4 Å². The Kier molecular flexibility index (Phi) is 27.3. The highest BCUT2D eigenvalue weighted by Crippen LogP contribution is 2.76. The molecule has 8 aliphatic heterocycles. The lowest BCUT2D eigenvalue weighted by Gasteiger charge is -2.71. The SMILES string of the molecule is CC(=O)O[C@H]1[C@H](O)[C@@H](O)[C@H](O[C@@H]2[C@H](O)[C@@H](O[C@@H]3O[C@@H](C)[C@H](O[C@@H]4OC[C@@H](O)[C@H](O[C@@H]5OC[C@@H](O)[C@H](O)[C@H]5O)[C@H]4O)[C@@H](O)[C@H]3O)[C@H](OC(=O)[C@]34CCC(C)(C)C[C@H]3C3=CC[C@@H]5[C@@]6(C)CC[C@H](O[C@@H]7O[C@H](C(=O)O)[C@@H](O)[C@H](O[C@@H]8OC[C@@H](O)[C@H](O)[C@H]8O)[C@H]7O[C@@H]7O[C@H](CO)[C@H](O)[C@H](O)[C@H]7O)[C@@](C)(C=O)[C@@H]6CC[C@@]5(C)[C@]3(C)C[C@H]4O)O[C@@H]2C)O[C@@H]1C. The Hall–Kier alpha value is -3.54. The average Bonchev–Trinajstić information content (AvgIpc) is 0.668. The summed E-state index contributed by atoms with van der Waals surface area (Å²) in [5, 5.41) is 224. The lowest BCUT2D eigenvalue weighted by atomic mass is 9.33. The second kappa shape index (κ2) is 35.0. The van der Waals surface area contributed by atoms with E-state index in [4.69, 9.17) is 80.5 Å². The molecule has 20 N–H and O–H groups in total. The number of aliphatic carboxylic acids is 1. The van der Waals surface area contributed by atoms with Crippen LogP contribution < -0.4 is 0 Å². The van der Waals surface area contributed by atoms with Crippen molar-refractivity contribution >= 4 is 24.2 Å². The van der Waals surface area contributed by atoms with Crippen LogP contribution in [0, 0.1) is 50.2 Å². The molecule has 47 atom stereocenters. The molecule has 0 amide bonds. The van der Waals surface area contributed by atoms with Crippen molar-refractivity contribution in [3.63, 3.8) is 0 Å². The van der Waals surface area contributed by atoms with Crippen LogP contribution in [0.5, 0.6) is 0 Å². The first kappa shape index (κ1) is 92.1. The average molecular weight is 1700 g/mol. The smallest absolute Gasteiger partial charge is 0.335 e. The largest absolute Gasteiger partial charge is 0.479 e. The summed E-state index contributed by atoms with van der Waals surface area (Å²) in [4.78, 5) is 55.7. The molecule has 5 aliphatic carbocycles. The number of rotatable bonds is 20. The molecule has 12 fully saturated rings. The predicted octanol–water partition coefficient (Wildman–Crippen LogP) is -6.93.